The topological polar surface area (TPSA) is 46.3 Å². The Balaban J connectivity index is 2.09. The van der Waals surface area contributed by atoms with E-state index in [1.54, 1.807) is 11.3 Å². The normalized spacial score (nSPS) is 19.1. The summed E-state index contributed by atoms with van der Waals surface area (Å²) >= 11 is 1.73. The molecule has 1 aliphatic rings. The van der Waals surface area contributed by atoms with Gasteiger partial charge in [-0.3, -0.25) is 4.79 Å². The van der Waals surface area contributed by atoms with Crippen LogP contribution in [0.15, 0.2) is 17.5 Å². The Labute approximate surface area is 138 Å². The lowest BCUT2D eigenvalue weighted by Gasteiger charge is -2.38. The van der Waals surface area contributed by atoms with Crippen LogP contribution in [-0.4, -0.2) is 30.4 Å². The highest BCUT2D eigenvalue weighted by Gasteiger charge is 2.43. The fourth-order valence-corrected chi connectivity index (χ4v) is 4.39. The van der Waals surface area contributed by atoms with Crippen molar-refractivity contribution in [2.24, 2.45) is 11.7 Å². The van der Waals surface area contributed by atoms with Gasteiger partial charge in [0.25, 0.3) is 0 Å². The zero-order valence-corrected chi connectivity index (χ0v) is 15.0. The number of carbonyl (C=O) groups is 1. The molecule has 1 unspecified atom stereocenters. The summed E-state index contributed by atoms with van der Waals surface area (Å²) < 4.78 is 0. The van der Waals surface area contributed by atoms with Gasteiger partial charge in [0.05, 0.1) is 5.41 Å². The molecule has 0 aromatic carbocycles. The van der Waals surface area contributed by atoms with E-state index >= 15 is 0 Å². The van der Waals surface area contributed by atoms with Gasteiger partial charge in [0.15, 0.2) is 0 Å². The quantitative estimate of drug-likeness (QED) is 0.866. The molecule has 0 bridgehead atoms. The monoisotopic (exact) mass is 322 g/mol. The zero-order valence-electron chi connectivity index (χ0n) is 14.2. The first-order valence-electron chi connectivity index (χ1n) is 8.52. The SMILES string of the molecule is CC(C)C(N)CCN(C)C(=O)C1(c2cccs2)CCCCC1. The maximum absolute atomic E-state index is 13.2. The summed E-state index contributed by atoms with van der Waals surface area (Å²) in [5, 5.41) is 2.09. The van der Waals surface area contributed by atoms with Crippen molar-refractivity contribution in [1.82, 2.24) is 4.90 Å². The standard InChI is InChI=1S/C18H30N2OS/c1-14(2)15(19)9-12-20(3)17(21)18(10-5-4-6-11-18)16-8-7-13-22-16/h7-8,13-15H,4-6,9-12,19H2,1-3H3. The van der Waals surface area contributed by atoms with Crippen molar-refractivity contribution >= 4 is 17.2 Å². The second-order valence-corrected chi connectivity index (χ2v) is 7.99. The predicted molar refractivity (Wildman–Crippen MR) is 94.1 cm³/mol. The lowest BCUT2D eigenvalue weighted by molar-refractivity contribution is -0.137. The van der Waals surface area contributed by atoms with Gasteiger partial charge in [-0.25, -0.2) is 0 Å². The molecule has 0 saturated heterocycles. The van der Waals surface area contributed by atoms with E-state index in [2.05, 4.69) is 31.4 Å². The number of thiophene rings is 1. The number of amides is 1. The molecule has 124 valence electrons. The lowest BCUT2D eigenvalue weighted by Crippen LogP contribution is -2.47. The fraction of sp³-hybridized carbons (Fsp3) is 0.722. The van der Waals surface area contributed by atoms with E-state index in [1.165, 1.54) is 11.3 Å². The Hall–Kier alpha value is -0.870. The number of likely N-dealkylation sites (N-methyl/N-ethyl adjacent to an activating group) is 1. The molecule has 2 rings (SSSR count). The molecule has 1 aromatic rings. The largest absolute Gasteiger partial charge is 0.345 e. The van der Waals surface area contributed by atoms with E-state index in [9.17, 15) is 4.79 Å². The minimum absolute atomic E-state index is 0.166. The molecule has 1 amide bonds. The number of nitrogens with two attached hydrogens (primary N) is 1. The molecule has 1 atom stereocenters. The van der Waals surface area contributed by atoms with E-state index in [0.29, 0.717) is 11.8 Å². The highest BCUT2D eigenvalue weighted by molar-refractivity contribution is 7.10. The highest BCUT2D eigenvalue weighted by atomic mass is 32.1. The minimum atomic E-state index is -0.275. The number of hydrogen-bond acceptors (Lipinski definition) is 3. The van der Waals surface area contributed by atoms with Crippen molar-refractivity contribution < 1.29 is 4.79 Å². The van der Waals surface area contributed by atoms with Gasteiger partial charge in [-0.1, -0.05) is 39.2 Å². The Morgan fingerprint density at radius 3 is 2.59 bits per heavy atom. The van der Waals surface area contributed by atoms with Gasteiger partial charge in [0, 0.05) is 24.5 Å². The summed E-state index contributed by atoms with van der Waals surface area (Å²) in [4.78, 5) is 16.4. The van der Waals surface area contributed by atoms with Crippen LogP contribution in [0.5, 0.6) is 0 Å². The first-order chi connectivity index (χ1) is 10.5. The molecule has 2 N–H and O–H groups in total. The molecule has 0 aliphatic heterocycles. The molecule has 0 radical (unpaired) electrons. The van der Waals surface area contributed by atoms with Gasteiger partial charge in [0.2, 0.25) is 5.91 Å². The summed E-state index contributed by atoms with van der Waals surface area (Å²) in [6, 6.07) is 4.37. The van der Waals surface area contributed by atoms with Crippen molar-refractivity contribution in [2.45, 2.75) is 63.8 Å². The molecular weight excluding hydrogens is 292 g/mol. The first kappa shape index (κ1) is 17.5. The smallest absolute Gasteiger partial charge is 0.233 e. The zero-order chi connectivity index (χ0) is 16.2. The van der Waals surface area contributed by atoms with Gasteiger partial charge in [-0.15, -0.1) is 11.3 Å². The first-order valence-corrected chi connectivity index (χ1v) is 9.40. The van der Waals surface area contributed by atoms with Crippen LogP contribution in [0.3, 0.4) is 0 Å². The van der Waals surface area contributed by atoms with E-state index < -0.39 is 0 Å². The van der Waals surface area contributed by atoms with E-state index in [4.69, 9.17) is 5.73 Å². The number of rotatable bonds is 6. The molecule has 1 saturated carbocycles. The third-order valence-electron chi connectivity index (χ3n) is 5.11. The Morgan fingerprint density at radius 2 is 2.05 bits per heavy atom. The Bertz CT molecular complexity index is 463. The molecule has 0 spiro atoms. The third kappa shape index (κ3) is 3.72. The molecule has 3 nitrogen and oxygen atoms in total. The number of carbonyl (C=O) groups excluding carboxylic acids is 1. The predicted octanol–water partition coefficient (Wildman–Crippen LogP) is 3.78. The van der Waals surface area contributed by atoms with E-state index in [1.807, 2.05) is 11.9 Å². The molecule has 22 heavy (non-hydrogen) atoms. The van der Waals surface area contributed by atoms with E-state index in [-0.39, 0.29) is 11.5 Å². The van der Waals surface area contributed by atoms with Gasteiger partial charge < -0.3 is 10.6 Å². The highest BCUT2D eigenvalue weighted by Crippen LogP contribution is 2.42. The van der Waals surface area contributed by atoms with Gasteiger partial charge in [-0.05, 0) is 36.6 Å². The van der Waals surface area contributed by atoms with E-state index in [0.717, 1.165) is 38.6 Å². The van der Waals surface area contributed by atoms with Crippen molar-refractivity contribution in [3.8, 4) is 0 Å². The van der Waals surface area contributed by atoms with Crippen LogP contribution in [0.1, 0.15) is 57.2 Å². The average Bonchev–Trinajstić information content (AvgIpc) is 3.06. The van der Waals surface area contributed by atoms with Gasteiger partial charge in [0.1, 0.15) is 0 Å². The van der Waals surface area contributed by atoms with Gasteiger partial charge in [-0.2, -0.15) is 0 Å². The second-order valence-electron chi connectivity index (χ2n) is 7.04. The lowest BCUT2D eigenvalue weighted by atomic mass is 9.72. The van der Waals surface area contributed by atoms with Crippen molar-refractivity contribution in [3.05, 3.63) is 22.4 Å². The van der Waals surface area contributed by atoms with Crippen LogP contribution in [0.25, 0.3) is 0 Å². The molecule has 1 fully saturated rings. The van der Waals surface area contributed by atoms with Gasteiger partial charge >= 0.3 is 0 Å². The van der Waals surface area contributed by atoms with Crippen molar-refractivity contribution in [1.29, 1.82) is 0 Å². The fourth-order valence-electron chi connectivity index (χ4n) is 3.41. The Morgan fingerprint density at radius 1 is 1.36 bits per heavy atom. The summed E-state index contributed by atoms with van der Waals surface area (Å²) in [6.45, 7) is 5.03. The molecule has 4 heteroatoms. The summed E-state index contributed by atoms with van der Waals surface area (Å²) in [5.41, 5.74) is 5.86. The van der Waals surface area contributed by atoms with Crippen LogP contribution in [-0.2, 0) is 10.2 Å². The summed E-state index contributed by atoms with van der Waals surface area (Å²) in [5.74, 6) is 0.759. The third-order valence-corrected chi connectivity index (χ3v) is 6.18. The Kier molecular flexibility index (Phi) is 6.04. The van der Waals surface area contributed by atoms with Crippen molar-refractivity contribution in [2.75, 3.05) is 13.6 Å². The average molecular weight is 323 g/mol. The van der Waals surface area contributed by atoms with Crippen LogP contribution in [0.2, 0.25) is 0 Å². The van der Waals surface area contributed by atoms with Crippen LogP contribution < -0.4 is 5.73 Å². The minimum Gasteiger partial charge on any atom is -0.345 e. The molecule has 1 aliphatic carbocycles. The maximum Gasteiger partial charge on any atom is 0.233 e. The van der Waals surface area contributed by atoms with Crippen LogP contribution in [0, 0.1) is 5.92 Å². The van der Waals surface area contributed by atoms with Crippen LogP contribution >= 0.6 is 11.3 Å². The molecular formula is C18H30N2OS. The summed E-state index contributed by atoms with van der Waals surface area (Å²) in [6.07, 6.45) is 6.43. The molecule has 1 aromatic heterocycles. The van der Waals surface area contributed by atoms with Crippen LogP contribution in [0.4, 0.5) is 0 Å². The second kappa shape index (κ2) is 7.60. The summed E-state index contributed by atoms with van der Waals surface area (Å²) in [7, 11) is 1.94. The molecule has 1 heterocycles. The number of hydrogen-bond donors (Lipinski definition) is 1. The number of nitrogens with zero attached hydrogens (tertiary/aromatic N) is 1. The maximum atomic E-state index is 13.2. The van der Waals surface area contributed by atoms with Crippen molar-refractivity contribution in [3.63, 3.8) is 0 Å².